The summed E-state index contributed by atoms with van der Waals surface area (Å²) in [4.78, 5) is 2.39. The summed E-state index contributed by atoms with van der Waals surface area (Å²) >= 11 is 0. The van der Waals surface area contributed by atoms with Gasteiger partial charge in [-0.15, -0.1) is 0 Å². The van der Waals surface area contributed by atoms with Crippen LogP contribution in [0.4, 0.5) is 0 Å². The molecular formula is C12H24N2O. The topological polar surface area (TPSA) is 24.5 Å². The van der Waals surface area contributed by atoms with Crippen LogP contribution in [0, 0.1) is 0 Å². The number of ether oxygens (including phenoxy) is 1. The van der Waals surface area contributed by atoms with Crippen molar-refractivity contribution in [1.82, 2.24) is 10.2 Å². The fourth-order valence-corrected chi connectivity index (χ4v) is 2.60. The highest BCUT2D eigenvalue weighted by atomic mass is 16.5. The zero-order chi connectivity index (χ0) is 10.7. The van der Waals surface area contributed by atoms with E-state index in [1.54, 1.807) is 0 Å². The average Bonchev–Trinajstić information content (AvgIpc) is 2.22. The van der Waals surface area contributed by atoms with Gasteiger partial charge >= 0.3 is 0 Å². The van der Waals surface area contributed by atoms with Crippen molar-refractivity contribution in [3.63, 3.8) is 0 Å². The lowest BCUT2D eigenvalue weighted by molar-refractivity contribution is -0.0554. The van der Waals surface area contributed by atoms with Gasteiger partial charge in [-0.25, -0.2) is 0 Å². The predicted octanol–water partition coefficient (Wildman–Crippen LogP) is 1.24. The van der Waals surface area contributed by atoms with Crippen molar-refractivity contribution in [2.75, 3.05) is 26.7 Å². The van der Waals surface area contributed by atoms with E-state index in [1.165, 1.54) is 38.8 Å². The summed E-state index contributed by atoms with van der Waals surface area (Å²) in [5.74, 6) is 0. The van der Waals surface area contributed by atoms with Gasteiger partial charge in [0.05, 0.1) is 12.2 Å². The lowest BCUT2D eigenvalue weighted by atomic mass is 10.0. The quantitative estimate of drug-likeness (QED) is 0.745. The highest BCUT2D eigenvalue weighted by Crippen LogP contribution is 2.19. The lowest BCUT2D eigenvalue weighted by Gasteiger charge is -2.35. The Hall–Kier alpha value is -0.120. The molecule has 3 heteroatoms. The molecule has 2 aliphatic rings. The zero-order valence-corrected chi connectivity index (χ0v) is 10.0. The van der Waals surface area contributed by atoms with Gasteiger partial charge in [0.2, 0.25) is 0 Å². The van der Waals surface area contributed by atoms with Crippen LogP contribution in [0.5, 0.6) is 0 Å². The van der Waals surface area contributed by atoms with Crippen LogP contribution >= 0.6 is 0 Å². The number of piperidine rings is 2. The van der Waals surface area contributed by atoms with Crippen molar-refractivity contribution in [2.45, 2.75) is 50.9 Å². The van der Waals surface area contributed by atoms with Gasteiger partial charge in [0, 0.05) is 19.1 Å². The molecule has 0 bridgehead atoms. The summed E-state index contributed by atoms with van der Waals surface area (Å²) in [5.41, 5.74) is 0. The van der Waals surface area contributed by atoms with Crippen LogP contribution in [0.1, 0.15) is 32.6 Å². The second kappa shape index (κ2) is 5.28. The zero-order valence-electron chi connectivity index (χ0n) is 10.0. The van der Waals surface area contributed by atoms with E-state index in [9.17, 15) is 0 Å². The molecule has 1 N–H and O–H groups in total. The van der Waals surface area contributed by atoms with Gasteiger partial charge in [0.15, 0.2) is 0 Å². The predicted molar refractivity (Wildman–Crippen MR) is 62.1 cm³/mol. The third kappa shape index (κ3) is 3.44. The maximum atomic E-state index is 6.18. The number of hydrogen-bond donors (Lipinski definition) is 1. The number of hydrogen-bond acceptors (Lipinski definition) is 3. The Morgan fingerprint density at radius 3 is 2.53 bits per heavy atom. The molecule has 0 aromatic carbocycles. The fraction of sp³-hybridized carbons (Fsp3) is 1.00. The Kier molecular flexibility index (Phi) is 4.00. The molecule has 0 spiro atoms. The molecule has 2 atom stereocenters. The van der Waals surface area contributed by atoms with E-state index in [4.69, 9.17) is 4.74 Å². The van der Waals surface area contributed by atoms with Gasteiger partial charge in [-0.3, -0.25) is 0 Å². The van der Waals surface area contributed by atoms with Gasteiger partial charge in [0.1, 0.15) is 0 Å². The van der Waals surface area contributed by atoms with E-state index >= 15 is 0 Å². The van der Waals surface area contributed by atoms with Crippen LogP contribution in [0.25, 0.3) is 0 Å². The largest absolute Gasteiger partial charge is 0.375 e. The molecule has 0 saturated carbocycles. The first-order valence-electron chi connectivity index (χ1n) is 6.31. The summed E-state index contributed by atoms with van der Waals surface area (Å²) in [5, 5.41) is 3.47. The summed E-state index contributed by atoms with van der Waals surface area (Å²) in [6.07, 6.45) is 5.85. The van der Waals surface area contributed by atoms with Crippen LogP contribution < -0.4 is 5.32 Å². The Balaban J connectivity index is 1.71. The Bertz CT molecular complexity index is 190. The third-order valence-electron chi connectivity index (χ3n) is 3.63. The Morgan fingerprint density at radius 2 is 1.87 bits per heavy atom. The van der Waals surface area contributed by atoms with Gasteiger partial charge in [-0.1, -0.05) is 0 Å². The van der Waals surface area contributed by atoms with Gasteiger partial charge in [-0.2, -0.15) is 0 Å². The van der Waals surface area contributed by atoms with E-state index in [1.807, 2.05) is 0 Å². The molecule has 2 unspecified atom stereocenters. The number of nitrogens with zero attached hydrogens (tertiary/aromatic N) is 1. The van der Waals surface area contributed by atoms with Crippen molar-refractivity contribution in [2.24, 2.45) is 0 Å². The third-order valence-corrected chi connectivity index (χ3v) is 3.63. The first-order chi connectivity index (χ1) is 7.24. The standard InChI is InChI=1S/C12H24N2O/c1-10-9-12(3-6-13-10)15-11-4-7-14(2)8-5-11/h10-13H,3-9H2,1-2H3. The molecule has 0 radical (unpaired) electrons. The minimum Gasteiger partial charge on any atom is -0.375 e. The molecule has 2 heterocycles. The molecule has 2 rings (SSSR count). The molecule has 0 aromatic rings. The summed E-state index contributed by atoms with van der Waals surface area (Å²) < 4.78 is 6.18. The normalized spacial score (nSPS) is 35.6. The average molecular weight is 212 g/mol. The SMILES string of the molecule is CC1CC(OC2CCN(C)CC2)CCN1. The molecule has 0 aliphatic carbocycles. The summed E-state index contributed by atoms with van der Waals surface area (Å²) in [7, 11) is 2.20. The van der Waals surface area contributed by atoms with Crippen LogP contribution in [-0.4, -0.2) is 49.8 Å². The first kappa shape index (κ1) is 11.4. The van der Waals surface area contributed by atoms with Crippen molar-refractivity contribution in [3.05, 3.63) is 0 Å². The monoisotopic (exact) mass is 212 g/mol. The van der Waals surface area contributed by atoms with E-state index in [0.717, 1.165) is 6.54 Å². The van der Waals surface area contributed by atoms with Crippen molar-refractivity contribution < 1.29 is 4.74 Å². The van der Waals surface area contributed by atoms with E-state index < -0.39 is 0 Å². The highest BCUT2D eigenvalue weighted by Gasteiger charge is 2.24. The van der Waals surface area contributed by atoms with E-state index in [0.29, 0.717) is 18.2 Å². The molecule has 0 aromatic heterocycles. The Morgan fingerprint density at radius 1 is 1.13 bits per heavy atom. The van der Waals surface area contributed by atoms with Crippen LogP contribution in [0.15, 0.2) is 0 Å². The molecule has 3 nitrogen and oxygen atoms in total. The molecule has 88 valence electrons. The van der Waals surface area contributed by atoms with Gasteiger partial charge in [0.25, 0.3) is 0 Å². The molecule has 2 aliphatic heterocycles. The summed E-state index contributed by atoms with van der Waals surface area (Å²) in [6, 6.07) is 0.634. The number of nitrogens with one attached hydrogen (secondary N) is 1. The van der Waals surface area contributed by atoms with Gasteiger partial charge in [-0.05, 0) is 46.2 Å². The number of likely N-dealkylation sites (tertiary alicyclic amines) is 1. The second-order valence-electron chi connectivity index (χ2n) is 5.14. The van der Waals surface area contributed by atoms with E-state index in [2.05, 4.69) is 24.2 Å². The molecule has 0 amide bonds. The molecular weight excluding hydrogens is 188 g/mol. The Labute approximate surface area is 93.2 Å². The maximum absolute atomic E-state index is 6.18. The van der Waals surface area contributed by atoms with Crippen LogP contribution in [0.3, 0.4) is 0 Å². The highest BCUT2D eigenvalue weighted by molar-refractivity contribution is 4.78. The molecule has 15 heavy (non-hydrogen) atoms. The van der Waals surface area contributed by atoms with Crippen molar-refractivity contribution in [1.29, 1.82) is 0 Å². The van der Waals surface area contributed by atoms with Crippen LogP contribution in [-0.2, 0) is 4.74 Å². The second-order valence-corrected chi connectivity index (χ2v) is 5.14. The molecule has 2 saturated heterocycles. The molecule has 2 fully saturated rings. The van der Waals surface area contributed by atoms with Crippen molar-refractivity contribution >= 4 is 0 Å². The van der Waals surface area contributed by atoms with Gasteiger partial charge < -0.3 is 15.0 Å². The van der Waals surface area contributed by atoms with Crippen LogP contribution in [0.2, 0.25) is 0 Å². The number of rotatable bonds is 2. The fourth-order valence-electron chi connectivity index (χ4n) is 2.60. The van der Waals surface area contributed by atoms with E-state index in [-0.39, 0.29) is 0 Å². The van der Waals surface area contributed by atoms with Crippen molar-refractivity contribution in [3.8, 4) is 0 Å². The minimum atomic E-state index is 0.509. The summed E-state index contributed by atoms with van der Waals surface area (Å²) in [6.45, 7) is 5.78. The minimum absolute atomic E-state index is 0.509. The lowest BCUT2D eigenvalue weighted by Crippen LogP contribution is -2.42. The first-order valence-corrected chi connectivity index (χ1v) is 6.31. The maximum Gasteiger partial charge on any atom is 0.0605 e. The smallest absolute Gasteiger partial charge is 0.0605 e.